The minimum atomic E-state index is -0.277. The number of carbonyl (C=O) groups is 1. The number of nitrogens with zero attached hydrogens (tertiary/aromatic N) is 1. The molecule has 0 fully saturated rings. The van der Waals surface area contributed by atoms with E-state index in [1.54, 1.807) is 6.07 Å². The van der Waals surface area contributed by atoms with E-state index in [4.69, 9.17) is 5.73 Å². The standard InChI is InChI=1S/C16H19N3O/c1-10-7-11(2)18-15(8-10)19-16(20)12(3)13-5-4-6-14(17)9-13/h4-9,12H,17H2,1-3H3,(H,18,19,20). The highest BCUT2D eigenvalue weighted by atomic mass is 16.1. The van der Waals surface area contributed by atoms with Crippen LogP contribution in [0, 0.1) is 13.8 Å². The van der Waals surface area contributed by atoms with E-state index in [0.29, 0.717) is 11.5 Å². The zero-order valence-corrected chi connectivity index (χ0v) is 12.0. The van der Waals surface area contributed by atoms with Gasteiger partial charge in [-0.05, 0) is 56.2 Å². The Morgan fingerprint density at radius 1 is 1.25 bits per heavy atom. The third-order valence-corrected chi connectivity index (χ3v) is 3.15. The molecule has 4 nitrogen and oxygen atoms in total. The number of nitrogens with one attached hydrogen (secondary N) is 1. The van der Waals surface area contributed by atoms with Crippen LogP contribution in [0.15, 0.2) is 36.4 Å². The van der Waals surface area contributed by atoms with Gasteiger partial charge in [0.2, 0.25) is 5.91 Å². The van der Waals surface area contributed by atoms with Gasteiger partial charge in [0.05, 0.1) is 5.92 Å². The predicted molar refractivity (Wildman–Crippen MR) is 81.6 cm³/mol. The summed E-state index contributed by atoms with van der Waals surface area (Å²) in [4.78, 5) is 16.6. The molecular formula is C16H19N3O. The number of anilines is 2. The van der Waals surface area contributed by atoms with E-state index in [1.807, 2.05) is 51.1 Å². The minimum absolute atomic E-state index is 0.0897. The van der Waals surface area contributed by atoms with Crippen LogP contribution in [0.4, 0.5) is 11.5 Å². The zero-order valence-electron chi connectivity index (χ0n) is 12.0. The lowest BCUT2D eigenvalue weighted by molar-refractivity contribution is -0.117. The van der Waals surface area contributed by atoms with Crippen molar-refractivity contribution < 1.29 is 4.79 Å². The number of hydrogen-bond donors (Lipinski definition) is 2. The van der Waals surface area contributed by atoms with Crippen LogP contribution in [0.5, 0.6) is 0 Å². The highest BCUT2D eigenvalue weighted by Crippen LogP contribution is 2.20. The fourth-order valence-electron chi connectivity index (χ4n) is 2.12. The fourth-order valence-corrected chi connectivity index (χ4v) is 2.12. The Morgan fingerprint density at radius 3 is 2.65 bits per heavy atom. The molecule has 1 amide bonds. The Hall–Kier alpha value is -2.36. The molecule has 4 heteroatoms. The Kier molecular flexibility index (Phi) is 4.03. The number of benzene rings is 1. The van der Waals surface area contributed by atoms with E-state index >= 15 is 0 Å². The average molecular weight is 269 g/mol. The molecule has 3 N–H and O–H groups in total. The largest absolute Gasteiger partial charge is 0.399 e. The lowest BCUT2D eigenvalue weighted by Gasteiger charge is -2.13. The molecule has 20 heavy (non-hydrogen) atoms. The number of aryl methyl sites for hydroxylation is 2. The van der Waals surface area contributed by atoms with Gasteiger partial charge in [-0.3, -0.25) is 4.79 Å². The first kappa shape index (κ1) is 14.1. The molecule has 2 rings (SSSR count). The number of nitrogen functional groups attached to an aromatic ring is 1. The third kappa shape index (κ3) is 3.35. The van der Waals surface area contributed by atoms with Gasteiger partial charge in [0.1, 0.15) is 5.82 Å². The van der Waals surface area contributed by atoms with Crippen molar-refractivity contribution in [1.29, 1.82) is 0 Å². The number of rotatable bonds is 3. The first-order valence-corrected chi connectivity index (χ1v) is 6.57. The monoisotopic (exact) mass is 269 g/mol. The van der Waals surface area contributed by atoms with Crippen LogP contribution >= 0.6 is 0 Å². The molecule has 0 radical (unpaired) electrons. The van der Waals surface area contributed by atoms with Crippen LogP contribution in [0.1, 0.15) is 29.7 Å². The number of aromatic nitrogens is 1. The first-order chi connectivity index (χ1) is 9.45. The van der Waals surface area contributed by atoms with Crippen LogP contribution in [0.3, 0.4) is 0 Å². The molecule has 2 aromatic rings. The molecule has 0 aliphatic rings. The third-order valence-electron chi connectivity index (χ3n) is 3.15. The number of carbonyl (C=O) groups excluding carboxylic acids is 1. The Labute approximate surface area is 119 Å². The molecule has 1 aromatic carbocycles. The topological polar surface area (TPSA) is 68.0 Å². The van der Waals surface area contributed by atoms with Crippen molar-refractivity contribution >= 4 is 17.4 Å². The molecule has 0 bridgehead atoms. The van der Waals surface area contributed by atoms with Gasteiger partial charge in [0.15, 0.2) is 0 Å². The number of pyridine rings is 1. The molecular weight excluding hydrogens is 250 g/mol. The number of amides is 1. The van der Waals surface area contributed by atoms with Crippen molar-refractivity contribution in [2.24, 2.45) is 0 Å². The van der Waals surface area contributed by atoms with Crippen LogP contribution in [-0.4, -0.2) is 10.9 Å². The molecule has 0 saturated heterocycles. The molecule has 0 saturated carbocycles. The second-order valence-corrected chi connectivity index (χ2v) is 5.05. The molecule has 0 aliphatic heterocycles. The minimum Gasteiger partial charge on any atom is -0.399 e. The van der Waals surface area contributed by atoms with Gasteiger partial charge in [0, 0.05) is 11.4 Å². The smallest absolute Gasteiger partial charge is 0.232 e. The highest BCUT2D eigenvalue weighted by molar-refractivity contribution is 5.95. The second-order valence-electron chi connectivity index (χ2n) is 5.05. The van der Waals surface area contributed by atoms with Gasteiger partial charge in [-0.25, -0.2) is 4.98 Å². The van der Waals surface area contributed by atoms with Crippen LogP contribution in [0.2, 0.25) is 0 Å². The van der Waals surface area contributed by atoms with Crippen molar-refractivity contribution in [2.75, 3.05) is 11.1 Å². The van der Waals surface area contributed by atoms with E-state index in [9.17, 15) is 4.79 Å². The average Bonchev–Trinajstić information content (AvgIpc) is 2.36. The maximum Gasteiger partial charge on any atom is 0.232 e. The molecule has 1 heterocycles. The summed E-state index contributed by atoms with van der Waals surface area (Å²) in [6, 6.07) is 11.2. The van der Waals surface area contributed by atoms with Crippen molar-refractivity contribution in [2.45, 2.75) is 26.7 Å². The molecule has 1 aromatic heterocycles. The van der Waals surface area contributed by atoms with E-state index in [2.05, 4.69) is 10.3 Å². The van der Waals surface area contributed by atoms with E-state index in [1.165, 1.54) is 0 Å². The van der Waals surface area contributed by atoms with Crippen LogP contribution < -0.4 is 11.1 Å². The summed E-state index contributed by atoms with van der Waals surface area (Å²) in [5, 5.41) is 2.85. The molecule has 104 valence electrons. The fraction of sp³-hybridized carbons (Fsp3) is 0.250. The van der Waals surface area contributed by atoms with Crippen molar-refractivity contribution in [3.63, 3.8) is 0 Å². The zero-order chi connectivity index (χ0) is 14.7. The van der Waals surface area contributed by atoms with E-state index in [-0.39, 0.29) is 11.8 Å². The Balaban J connectivity index is 2.15. The van der Waals surface area contributed by atoms with Crippen molar-refractivity contribution in [3.8, 4) is 0 Å². The summed E-state index contributed by atoms with van der Waals surface area (Å²) < 4.78 is 0. The van der Waals surface area contributed by atoms with Crippen LogP contribution in [-0.2, 0) is 4.79 Å². The van der Waals surface area contributed by atoms with Crippen molar-refractivity contribution in [3.05, 3.63) is 53.2 Å². The highest BCUT2D eigenvalue weighted by Gasteiger charge is 2.16. The van der Waals surface area contributed by atoms with Gasteiger partial charge < -0.3 is 11.1 Å². The van der Waals surface area contributed by atoms with Gasteiger partial charge in [-0.2, -0.15) is 0 Å². The quantitative estimate of drug-likeness (QED) is 0.842. The first-order valence-electron chi connectivity index (χ1n) is 6.57. The SMILES string of the molecule is Cc1cc(C)nc(NC(=O)C(C)c2cccc(N)c2)c1. The maximum absolute atomic E-state index is 12.3. The van der Waals surface area contributed by atoms with E-state index < -0.39 is 0 Å². The van der Waals surface area contributed by atoms with Crippen molar-refractivity contribution in [1.82, 2.24) is 4.98 Å². The van der Waals surface area contributed by atoms with Gasteiger partial charge >= 0.3 is 0 Å². The lowest BCUT2D eigenvalue weighted by atomic mass is 10.00. The summed E-state index contributed by atoms with van der Waals surface area (Å²) in [6.45, 7) is 5.74. The number of nitrogens with two attached hydrogens (primary N) is 1. The summed E-state index contributed by atoms with van der Waals surface area (Å²) in [7, 11) is 0. The Bertz CT molecular complexity index is 617. The maximum atomic E-state index is 12.3. The Morgan fingerprint density at radius 2 is 2.00 bits per heavy atom. The summed E-state index contributed by atoms with van der Waals surface area (Å²) in [6.07, 6.45) is 0. The number of hydrogen-bond acceptors (Lipinski definition) is 3. The van der Waals surface area contributed by atoms with Gasteiger partial charge in [-0.1, -0.05) is 12.1 Å². The summed E-state index contributed by atoms with van der Waals surface area (Å²) in [5.41, 5.74) is 9.26. The van der Waals surface area contributed by atoms with Crippen LogP contribution in [0.25, 0.3) is 0 Å². The molecule has 1 atom stereocenters. The second kappa shape index (κ2) is 5.74. The summed E-state index contributed by atoms with van der Waals surface area (Å²) >= 11 is 0. The molecule has 0 spiro atoms. The van der Waals surface area contributed by atoms with E-state index in [0.717, 1.165) is 16.8 Å². The predicted octanol–water partition coefficient (Wildman–Crippen LogP) is 3.02. The molecule has 1 unspecified atom stereocenters. The summed E-state index contributed by atoms with van der Waals surface area (Å²) in [5.74, 6) is 0.220. The lowest BCUT2D eigenvalue weighted by Crippen LogP contribution is -2.19. The normalized spacial score (nSPS) is 11.9. The van der Waals surface area contributed by atoms with Gasteiger partial charge in [-0.15, -0.1) is 0 Å². The molecule has 0 aliphatic carbocycles. The van der Waals surface area contributed by atoms with Gasteiger partial charge in [0.25, 0.3) is 0 Å².